The maximum atomic E-state index is 12.7. The summed E-state index contributed by atoms with van der Waals surface area (Å²) in [6.07, 6.45) is 2.70. The summed E-state index contributed by atoms with van der Waals surface area (Å²) in [5, 5.41) is 0. The van der Waals surface area contributed by atoms with Crippen molar-refractivity contribution < 1.29 is 28.6 Å². The summed E-state index contributed by atoms with van der Waals surface area (Å²) in [4.78, 5) is 38.0. The van der Waals surface area contributed by atoms with Crippen LogP contribution in [0.25, 0.3) is 0 Å². The predicted octanol–water partition coefficient (Wildman–Crippen LogP) is 2.05. The zero-order valence-corrected chi connectivity index (χ0v) is 14.7. The fourth-order valence-electron chi connectivity index (χ4n) is 2.93. The van der Waals surface area contributed by atoms with Crippen molar-refractivity contribution in [1.82, 2.24) is 4.90 Å². The van der Waals surface area contributed by atoms with Gasteiger partial charge in [0.05, 0.1) is 20.3 Å². The summed E-state index contributed by atoms with van der Waals surface area (Å²) in [5.74, 6) is -1.41. The second-order valence-electron chi connectivity index (χ2n) is 7.05. The van der Waals surface area contributed by atoms with Crippen molar-refractivity contribution in [3.8, 4) is 0 Å². The molecule has 0 aromatic carbocycles. The van der Waals surface area contributed by atoms with E-state index in [-0.39, 0.29) is 12.3 Å². The number of imide groups is 1. The first-order chi connectivity index (χ1) is 11.2. The lowest BCUT2D eigenvalue weighted by atomic mass is 9.94. The molecule has 2 amide bonds. The zero-order chi connectivity index (χ0) is 17.9. The number of carbonyl (C=O) groups is 3. The van der Waals surface area contributed by atoms with Gasteiger partial charge in [0.1, 0.15) is 11.6 Å². The highest BCUT2D eigenvalue weighted by atomic mass is 16.6. The van der Waals surface area contributed by atoms with Crippen LogP contribution >= 0.6 is 0 Å². The van der Waals surface area contributed by atoms with Gasteiger partial charge in [0.2, 0.25) is 5.91 Å². The Kier molecular flexibility index (Phi) is 5.64. The van der Waals surface area contributed by atoms with Gasteiger partial charge in [-0.25, -0.2) is 14.5 Å². The molecular weight excluding hydrogens is 314 g/mol. The molecular formula is C17H25NO6. The first kappa shape index (κ1) is 18.4. The van der Waals surface area contributed by atoms with Crippen LogP contribution in [-0.4, -0.2) is 54.8 Å². The standard InChI is InChI=1S/C17H25NO6/c1-17(2,3)24-16(21)18-13(15(20)22-4)10-12(14(18)19)9-11-5-7-23-8-6-11/h5,12-13H,6-10H2,1-4H3/t12?,13-/m0/s1. The number of hydrogen-bond donors (Lipinski definition) is 0. The van der Waals surface area contributed by atoms with Crippen molar-refractivity contribution >= 4 is 18.0 Å². The van der Waals surface area contributed by atoms with Crippen LogP contribution in [0.4, 0.5) is 4.79 Å². The molecule has 24 heavy (non-hydrogen) atoms. The van der Waals surface area contributed by atoms with Crippen LogP contribution in [0.2, 0.25) is 0 Å². The fourth-order valence-corrected chi connectivity index (χ4v) is 2.93. The molecule has 7 nitrogen and oxygen atoms in total. The molecule has 0 saturated carbocycles. The van der Waals surface area contributed by atoms with Gasteiger partial charge >= 0.3 is 12.1 Å². The third-order valence-electron chi connectivity index (χ3n) is 4.04. The summed E-state index contributed by atoms with van der Waals surface area (Å²) in [7, 11) is 1.24. The van der Waals surface area contributed by atoms with Gasteiger partial charge in [0, 0.05) is 5.92 Å². The Morgan fingerprint density at radius 2 is 2.08 bits per heavy atom. The van der Waals surface area contributed by atoms with Gasteiger partial charge < -0.3 is 14.2 Å². The van der Waals surface area contributed by atoms with E-state index in [0.29, 0.717) is 19.6 Å². The van der Waals surface area contributed by atoms with Crippen LogP contribution in [0.3, 0.4) is 0 Å². The van der Waals surface area contributed by atoms with Crippen molar-refractivity contribution in [1.29, 1.82) is 0 Å². The third-order valence-corrected chi connectivity index (χ3v) is 4.04. The van der Waals surface area contributed by atoms with E-state index in [9.17, 15) is 14.4 Å². The van der Waals surface area contributed by atoms with E-state index in [4.69, 9.17) is 14.2 Å². The monoisotopic (exact) mass is 339 g/mol. The molecule has 0 spiro atoms. The molecule has 134 valence electrons. The molecule has 0 radical (unpaired) electrons. The van der Waals surface area contributed by atoms with Crippen molar-refractivity contribution in [2.75, 3.05) is 20.3 Å². The Balaban J connectivity index is 2.16. The molecule has 0 aromatic heterocycles. The van der Waals surface area contributed by atoms with E-state index in [0.717, 1.165) is 16.9 Å². The largest absolute Gasteiger partial charge is 0.467 e. The molecule has 1 saturated heterocycles. The lowest BCUT2D eigenvalue weighted by Crippen LogP contribution is -2.46. The first-order valence-corrected chi connectivity index (χ1v) is 8.12. The Bertz CT molecular complexity index is 548. The van der Waals surface area contributed by atoms with Gasteiger partial charge in [-0.2, -0.15) is 0 Å². The van der Waals surface area contributed by atoms with Crippen LogP contribution in [0, 0.1) is 5.92 Å². The molecule has 2 heterocycles. The minimum Gasteiger partial charge on any atom is -0.467 e. The number of nitrogens with zero attached hydrogens (tertiary/aromatic N) is 1. The first-order valence-electron chi connectivity index (χ1n) is 8.12. The van der Waals surface area contributed by atoms with Crippen molar-refractivity contribution in [3.05, 3.63) is 11.6 Å². The molecule has 2 aliphatic heterocycles. The number of rotatable bonds is 3. The number of ether oxygens (including phenoxy) is 3. The lowest BCUT2D eigenvalue weighted by Gasteiger charge is -2.26. The molecule has 0 aliphatic carbocycles. The summed E-state index contributed by atoms with van der Waals surface area (Å²) in [6, 6.07) is -0.928. The number of carbonyl (C=O) groups excluding carboxylic acids is 3. The highest BCUT2D eigenvalue weighted by molar-refractivity contribution is 6.00. The van der Waals surface area contributed by atoms with E-state index in [1.54, 1.807) is 20.8 Å². The summed E-state index contributed by atoms with van der Waals surface area (Å²) in [6.45, 7) is 6.30. The second kappa shape index (κ2) is 7.34. The average Bonchev–Trinajstić information content (AvgIpc) is 2.83. The van der Waals surface area contributed by atoms with E-state index < -0.39 is 29.6 Å². The summed E-state index contributed by atoms with van der Waals surface area (Å²) < 4.78 is 15.3. The smallest absolute Gasteiger partial charge is 0.417 e. The van der Waals surface area contributed by atoms with Gasteiger partial charge in [-0.05, 0) is 40.0 Å². The summed E-state index contributed by atoms with van der Waals surface area (Å²) >= 11 is 0. The van der Waals surface area contributed by atoms with Gasteiger partial charge in [0.25, 0.3) is 0 Å². The van der Waals surface area contributed by atoms with Crippen molar-refractivity contribution in [3.63, 3.8) is 0 Å². The van der Waals surface area contributed by atoms with Gasteiger partial charge in [0.15, 0.2) is 0 Å². The van der Waals surface area contributed by atoms with E-state index in [1.165, 1.54) is 7.11 Å². The van der Waals surface area contributed by atoms with Gasteiger partial charge in [-0.3, -0.25) is 4.79 Å². The molecule has 0 aromatic rings. The topological polar surface area (TPSA) is 82.1 Å². The van der Waals surface area contributed by atoms with Crippen LogP contribution in [0.1, 0.15) is 40.0 Å². The molecule has 2 aliphatic rings. The highest BCUT2D eigenvalue weighted by Crippen LogP contribution is 2.33. The predicted molar refractivity (Wildman–Crippen MR) is 85.1 cm³/mol. The number of likely N-dealkylation sites (tertiary alicyclic amines) is 1. The van der Waals surface area contributed by atoms with Crippen LogP contribution in [-0.2, 0) is 23.8 Å². The Hall–Kier alpha value is -1.89. The number of hydrogen-bond acceptors (Lipinski definition) is 6. The maximum absolute atomic E-state index is 12.7. The molecule has 1 fully saturated rings. The molecule has 7 heteroatoms. The van der Waals surface area contributed by atoms with Crippen LogP contribution < -0.4 is 0 Å². The second-order valence-corrected chi connectivity index (χ2v) is 7.05. The fraction of sp³-hybridized carbons (Fsp3) is 0.706. The average molecular weight is 339 g/mol. The Labute approximate surface area is 141 Å². The van der Waals surface area contributed by atoms with Gasteiger partial charge in [-0.1, -0.05) is 11.6 Å². The summed E-state index contributed by atoms with van der Waals surface area (Å²) in [5.41, 5.74) is 0.369. The van der Waals surface area contributed by atoms with Gasteiger partial charge in [-0.15, -0.1) is 0 Å². The number of amides is 2. The van der Waals surface area contributed by atoms with E-state index >= 15 is 0 Å². The molecule has 0 N–H and O–H groups in total. The maximum Gasteiger partial charge on any atom is 0.417 e. The Morgan fingerprint density at radius 1 is 1.38 bits per heavy atom. The van der Waals surface area contributed by atoms with E-state index in [1.807, 2.05) is 6.08 Å². The molecule has 2 rings (SSSR count). The highest BCUT2D eigenvalue weighted by Gasteiger charge is 2.48. The third kappa shape index (κ3) is 4.35. The lowest BCUT2D eigenvalue weighted by molar-refractivity contribution is -0.148. The van der Waals surface area contributed by atoms with Crippen molar-refractivity contribution in [2.45, 2.75) is 51.7 Å². The number of esters is 1. The van der Waals surface area contributed by atoms with Crippen LogP contribution in [0.15, 0.2) is 11.6 Å². The van der Waals surface area contributed by atoms with Crippen LogP contribution in [0.5, 0.6) is 0 Å². The molecule has 0 bridgehead atoms. The van der Waals surface area contributed by atoms with Crippen molar-refractivity contribution in [2.24, 2.45) is 5.92 Å². The minimum atomic E-state index is -0.928. The normalized spacial score (nSPS) is 24.6. The molecule has 1 unspecified atom stereocenters. The molecule has 2 atom stereocenters. The minimum absolute atomic E-state index is 0.253. The Morgan fingerprint density at radius 3 is 2.62 bits per heavy atom. The van der Waals surface area contributed by atoms with E-state index in [2.05, 4.69) is 0 Å². The quantitative estimate of drug-likeness (QED) is 0.578. The SMILES string of the molecule is COC(=O)[C@@H]1CC(CC2=CCOCC2)C(=O)N1C(=O)OC(C)(C)C. The zero-order valence-electron chi connectivity index (χ0n) is 14.7. The number of methoxy groups -OCH3 is 1.